The van der Waals surface area contributed by atoms with E-state index in [9.17, 15) is 0 Å². The van der Waals surface area contributed by atoms with Gasteiger partial charge < -0.3 is 14.8 Å². The summed E-state index contributed by atoms with van der Waals surface area (Å²) in [5.41, 5.74) is 1.94. The summed E-state index contributed by atoms with van der Waals surface area (Å²) in [7, 11) is 0. The molecule has 5 heteroatoms. The molecule has 1 atom stereocenters. The van der Waals surface area contributed by atoms with Crippen molar-refractivity contribution in [2.45, 2.75) is 20.0 Å². The van der Waals surface area contributed by atoms with Gasteiger partial charge in [0, 0.05) is 17.9 Å². The fraction of sp³-hybridized carbons (Fsp3) is 0.636. The quantitative estimate of drug-likeness (QED) is 0.825. The molecule has 0 aromatic carbocycles. The number of anilines is 1. The highest BCUT2D eigenvalue weighted by Gasteiger charge is 2.14. The molecule has 1 aliphatic rings. The summed E-state index contributed by atoms with van der Waals surface area (Å²) < 4.78 is 10.8. The molecule has 1 aliphatic heterocycles. The van der Waals surface area contributed by atoms with Crippen LogP contribution in [0.1, 0.15) is 11.4 Å². The van der Waals surface area contributed by atoms with Gasteiger partial charge in [-0.2, -0.15) is 0 Å². The summed E-state index contributed by atoms with van der Waals surface area (Å²) in [6.07, 6.45) is 0.0955. The third-order valence-corrected chi connectivity index (χ3v) is 2.36. The topological polar surface area (TPSA) is 56.3 Å². The molecule has 0 spiro atoms. The summed E-state index contributed by atoms with van der Waals surface area (Å²) in [5.74, 6) is 0.659. The Labute approximate surface area is 95.2 Å². The second-order valence-electron chi connectivity index (χ2n) is 3.92. The first-order valence-corrected chi connectivity index (χ1v) is 5.49. The van der Waals surface area contributed by atoms with Crippen molar-refractivity contribution < 1.29 is 9.47 Å². The lowest BCUT2D eigenvalue weighted by Gasteiger charge is -2.23. The third kappa shape index (κ3) is 3.15. The second kappa shape index (κ2) is 5.23. The Kier molecular flexibility index (Phi) is 3.69. The van der Waals surface area contributed by atoms with Crippen LogP contribution < -0.4 is 5.32 Å². The van der Waals surface area contributed by atoms with Gasteiger partial charge in [0.25, 0.3) is 0 Å². The lowest BCUT2D eigenvalue weighted by atomic mass is 10.3. The van der Waals surface area contributed by atoms with Gasteiger partial charge in [0.05, 0.1) is 25.9 Å². The Morgan fingerprint density at radius 3 is 2.69 bits per heavy atom. The molecule has 16 heavy (non-hydrogen) atoms. The molecule has 0 aliphatic carbocycles. The zero-order chi connectivity index (χ0) is 11.4. The van der Waals surface area contributed by atoms with Crippen LogP contribution in [0, 0.1) is 13.8 Å². The Hall–Kier alpha value is -1.20. The molecular formula is C11H17N3O2. The highest BCUT2D eigenvalue weighted by Crippen LogP contribution is 2.05. The van der Waals surface area contributed by atoms with Crippen LogP contribution in [0.3, 0.4) is 0 Å². The van der Waals surface area contributed by atoms with Crippen LogP contribution in [0.15, 0.2) is 6.07 Å². The summed E-state index contributed by atoms with van der Waals surface area (Å²) in [6, 6.07) is 1.95. The highest BCUT2D eigenvalue weighted by atomic mass is 16.6. The van der Waals surface area contributed by atoms with Crippen LogP contribution in [0.2, 0.25) is 0 Å². The molecule has 1 saturated heterocycles. The van der Waals surface area contributed by atoms with E-state index in [1.807, 2.05) is 19.9 Å². The van der Waals surface area contributed by atoms with E-state index in [1.54, 1.807) is 0 Å². The Balaban J connectivity index is 1.88. The Bertz CT molecular complexity index is 331. The van der Waals surface area contributed by atoms with Crippen LogP contribution in [-0.2, 0) is 9.47 Å². The number of aromatic nitrogens is 2. The number of nitrogens with one attached hydrogen (secondary N) is 1. The number of ether oxygens (including phenoxy) is 2. The largest absolute Gasteiger partial charge is 0.376 e. The van der Waals surface area contributed by atoms with Crippen LogP contribution in [0.4, 0.5) is 5.95 Å². The summed E-state index contributed by atoms with van der Waals surface area (Å²) in [5, 5.41) is 3.17. The van der Waals surface area contributed by atoms with Gasteiger partial charge in [0.15, 0.2) is 0 Å². The maximum absolute atomic E-state index is 5.52. The summed E-state index contributed by atoms with van der Waals surface area (Å²) in [6.45, 7) is 6.59. The normalized spacial score (nSPS) is 20.8. The van der Waals surface area contributed by atoms with E-state index in [-0.39, 0.29) is 6.10 Å². The molecule has 0 bridgehead atoms. The van der Waals surface area contributed by atoms with Crippen molar-refractivity contribution in [3.05, 3.63) is 17.5 Å². The summed E-state index contributed by atoms with van der Waals surface area (Å²) in [4.78, 5) is 8.60. The standard InChI is InChI=1S/C11H17N3O2/c1-8-5-9(2)14-11(13-8)12-6-10-7-15-3-4-16-10/h5,10H,3-4,6-7H2,1-2H3,(H,12,13,14). The van der Waals surface area contributed by atoms with Crippen molar-refractivity contribution in [3.63, 3.8) is 0 Å². The van der Waals surface area contributed by atoms with Crippen LogP contribution in [-0.4, -0.2) is 42.4 Å². The van der Waals surface area contributed by atoms with Gasteiger partial charge in [-0.1, -0.05) is 0 Å². The molecule has 2 heterocycles. The fourth-order valence-corrected chi connectivity index (χ4v) is 1.66. The minimum absolute atomic E-state index is 0.0955. The number of hydrogen-bond donors (Lipinski definition) is 1. The van der Waals surface area contributed by atoms with Gasteiger partial charge in [0.2, 0.25) is 5.95 Å². The van der Waals surface area contributed by atoms with Gasteiger partial charge in [-0.05, 0) is 19.9 Å². The molecule has 0 radical (unpaired) electrons. The van der Waals surface area contributed by atoms with E-state index >= 15 is 0 Å². The lowest BCUT2D eigenvalue weighted by molar-refractivity contribution is -0.0819. The van der Waals surface area contributed by atoms with Crippen molar-refractivity contribution in [2.24, 2.45) is 0 Å². The van der Waals surface area contributed by atoms with Crippen molar-refractivity contribution in [1.82, 2.24) is 9.97 Å². The molecule has 5 nitrogen and oxygen atoms in total. The molecule has 1 aromatic heterocycles. The molecule has 1 unspecified atom stereocenters. The minimum Gasteiger partial charge on any atom is -0.376 e. The number of nitrogens with zero attached hydrogens (tertiary/aromatic N) is 2. The predicted octanol–water partition coefficient (Wildman–Crippen LogP) is 0.921. The van der Waals surface area contributed by atoms with E-state index in [4.69, 9.17) is 9.47 Å². The number of rotatable bonds is 3. The third-order valence-electron chi connectivity index (χ3n) is 2.36. The minimum atomic E-state index is 0.0955. The van der Waals surface area contributed by atoms with Crippen molar-refractivity contribution in [1.29, 1.82) is 0 Å². The van der Waals surface area contributed by atoms with Crippen LogP contribution in [0.5, 0.6) is 0 Å². The van der Waals surface area contributed by atoms with Crippen molar-refractivity contribution in [3.8, 4) is 0 Å². The van der Waals surface area contributed by atoms with E-state index < -0.39 is 0 Å². The first kappa shape index (κ1) is 11.3. The fourth-order valence-electron chi connectivity index (χ4n) is 1.66. The van der Waals surface area contributed by atoms with E-state index in [1.165, 1.54) is 0 Å². The first-order valence-electron chi connectivity index (χ1n) is 5.49. The summed E-state index contributed by atoms with van der Waals surface area (Å²) >= 11 is 0. The Morgan fingerprint density at radius 2 is 2.06 bits per heavy atom. The van der Waals surface area contributed by atoms with E-state index in [0.717, 1.165) is 11.4 Å². The number of hydrogen-bond acceptors (Lipinski definition) is 5. The van der Waals surface area contributed by atoms with Crippen LogP contribution in [0.25, 0.3) is 0 Å². The molecule has 2 rings (SSSR count). The van der Waals surface area contributed by atoms with Gasteiger partial charge in [-0.25, -0.2) is 9.97 Å². The zero-order valence-electron chi connectivity index (χ0n) is 9.69. The zero-order valence-corrected chi connectivity index (χ0v) is 9.69. The molecule has 1 fully saturated rings. The molecule has 0 amide bonds. The van der Waals surface area contributed by atoms with E-state index in [2.05, 4.69) is 15.3 Å². The average Bonchev–Trinajstić information content (AvgIpc) is 2.27. The number of aryl methyl sites for hydroxylation is 2. The maximum atomic E-state index is 5.52. The SMILES string of the molecule is Cc1cc(C)nc(NCC2COCCO2)n1. The van der Waals surface area contributed by atoms with Gasteiger partial charge in [-0.3, -0.25) is 0 Å². The molecule has 1 N–H and O–H groups in total. The van der Waals surface area contributed by atoms with Crippen LogP contribution >= 0.6 is 0 Å². The van der Waals surface area contributed by atoms with Crippen molar-refractivity contribution >= 4 is 5.95 Å². The molecule has 0 saturated carbocycles. The Morgan fingerprint density at radius 1 is 1.31 bits per heavy atom. The predicted molar refractivity (Wildman–Crippen MR) is 60.6 cm³/mol. The van der Waals surface area contributed by atoms with Gasteiger partial charge >= 0.3 is 0 Å². The smallest absolute Gasteiger partial charge is 0.223 e. The average molecular weight is 223 g/mol. The van der Waals surface area contributed by atoms with Gasteiger partial charge in [-0.15, -0.1) is 0 Å². The molecular weight excluding hydrogens is 206 g/mol. The highest BCUT2D eigenvalue weighted by molar-refractivity contribution is 5.27. The van der Waals surface area contributed by atoms with E-state index in [0.29, 0.717) is 32.3 Å². The van der Waals surface area contributed by atoms with Crippen molar-refractivity contribution in [2.75, 3.05) is 31.7 Å². The van der Waals surface area contributed by atoms with Gasteiger partial charge in [0.1, 0.15) is 0 Å². The molecule has 1 aromatic rings. The monoisotopic (exact) mass is 223 g/mol. The first-order chi connectivity index (χ1) is 7.74. The lowest BCUT2D eigenvalue weighted by Crippen LogP contribution is -2.34. The maximum Gasteiger partial charge on any atom is 0.223 e. The second-order valence-corrected chi connectivity index (χ2v) is 3.92. The molecule has 88 valence electrons.